The molecule has 0 aliphatic carbocycles. The summed E-state index contributed by atoms with van der Waals surface area (Å²) in [6.07, 6.45) is -13.1. The zero-order valence-electron chi connectivity index (χ0n) is 21.1. The van der Waals surface area contributed by atoms with Crippen LogP contribution in [-0.4, -0.2) is 80.2 Å². The van der Waals surface area contributed by atoms with Crippen LogP contribution in [0.1, 0.15) is 24.0 Å². The third-order valence-corrected chi connectivity index (χ3v) is 9.05. The minimum Gasteiger partial charge on any atom is -0.394 e. The maximum Gasteiger partial charge on any atom is 0.430 e. The van der Waals surface area contributed by atoms with Crippen LogP contribution in [0, 0.1) is 5.82 Å². The van der Waals surface area contributed by atoms with Gasteiger partial charge in [0.05, 0.1) is 42.5 Å². The number of aliphatic hydroxyl groups is 2. The molecule has 226 valence electrons. The second-order valence-electron chi connectivity index (χ2n) is 9.70. The number of halogens is 7. The van der Waals surface area contributed by atoms with Gasteiger partial charge in [-0.15, -0.1) is 0 Å². The Labute approximate surface area is 230 Å². The number of carbonyl (C=O) groups is 1. The first-order chi connectivity index (χ1) is 19.0. The van der Waals surface area contributed by atoms with E-state index >= 15 is 0 Å². The summed E-state index contributed by atoms with van der Waals surface area (Å²) in [4.78, 5) is 14.1. The van der Waals surface area contributed by atoms with Crippen molar-refractivity contribution >= 4 is 21.6 Å². The summed E-state index contributed by atoms with van der Waals surface area (Å²) in [7, 11) is -4.63. The average Bonchev–Trinajstić information content (AvgIpc) is 2.90. The molecule has 2 atom stereocenters. The molecule has 8 nitrogen and oxygen atoms in total. The predicted molar refractivity (Wildman–Crippen MR) is 129 cm³/mol. The highest BCUT2D eigenvalue weighted by Gasteiger charge is 2.71. The largest absolute Gasteiger partial charge is 0.430 e. The van der Waals surface area contributed by atoms with Crippen LogP contribution in [0.15, 0.2) is 47.4 Å². The SMILES string of the molecule is O=C(C[C@@H]1CCc2cc(C(O)(C(F)(F)F)C(F)(F)F)ccc2N1S(=O)(=O)c1ccc(F)cc1)N1CCOCC1CO. The molecule has 2 N–H and O–H groups in total. The number of sulfonamides is 1. The van der Waals surface area contributed by atoms with Crippen LogP contribution >= 0.6 is 0 Å². The Hall–Kier alpha value is -2.95. The zero-order chi connectivity index (χ0) is 30.4. The quantitative estimate of drug-likeness (QED) is 0.484. The molecule has 4 rings (SSSR count). The summed E-state index contributed by atoms with van der Waals surface area (Å²) >= 11 is 0. The first-order valence-corrected chi connectivity index (χ1v) is 13.7. The number of aliphatic hydroxyl groups excluding tert-OH is 1. The summed E-state index contributed by atoms with van der Waals surface area (Å²) in [6, 6.07) is 3.24. The van der Waals surface area contributed by atoms with Crippen LogP contribution < -0.4 is 4.31 Å². The van der Waals surface area contributed by atoms with Gasteiger partial charge in [0.15, 0.2) is 0 Å². The van der Waals surface area contributed by atoms with E-state index in [-0.39, 0.29) is 43.9 Å². The molecule has 2 heterocycles. The van der Waals surface area contributed by atoms with Crippen LogP contribution in [-0.2, 0) is 31.6 Å². The Morgan fingerprint density at radius 1 is 1.00 bits per heavy atom. The Bertz CT molecular complexity index is 1370. The molecule has 16 heteroatoms. The highest BCUT2D eigenvalue weighted by atomic mass is 32.2. The molecule has 0 spiro atoms. The van der Waals surface area contributed by atoms with Crippen molar-refractivity contribution in [2.24, 2.45) is 0 Å². The molecule has 1 unspecified atom stereocenters. The van der Waals surface area contributed by atoms with Crippen molar-refractivity contribution in [3.8, 4) is 0 Å². The highest BCUT2D eigenvalue weighted by Crippen LogP contribution is 2.51. The molecule has 2 aliphatic rings. The van der Waals surface area contributed by atoms with Crippen LogP contribution in [0.2, 0.25) is 0 Å². The molecule has 2 aromatic carbocycles. The number of carbonyl (C=O) groups excluding carboxylic acids is 1. The number of alkyl halides is 6. The topological polar surface area (TPSA) is 107 Å². The fourth-order valence-electron chi connectivity index (χ4n) is 5.03. The number of ether oxygens (including phenoxy) is 1. The van der Waals surface area contributed by atoms with E-state index in [0.29, 0.717) is 12.1 Å². The monoisotopic (exact) mass is 614 g/mol. The van der Waals surface area contributed by atoms with Gasteiger partial charge in [0.2, 0.25) is 5.91 Å². The van der Waals surface area contributed by atoms with Gasteiger partial charge in [-0.2, -0.15) is 26.3 Å². The number of benzene rings is 2. The summed E-state index contributed by atoms with van der Waals surface area (Å²) in [5, 5.41) is 19.5. The van der Waals surface area contributed by atoms with Gasteiger partial charge < -0.3 is 19.8 Å². The Kier molecular flexibility index (Phi) is 8.34. The van der Waals surface area contributed by atoms with Crippen molar-refractivity contribution in [1.82, 2.24) is 4.90 Å². The predicted octanol–water partition coefficient (Wildman–Crippen LogP) is 3.26. The smallest absolute Gasteiger partial charge is 0.394 e. The van der Waals surface area contributed by atoms with Crippen LogP contribution in [0.25, 0.3) is 0 Å². The van der Waals surface area contributed by atoms with Gasteiger partial charge in [-0.05, 0) is 48.7 Å². The molecule has 1 amide bonds. The third kappa shape index (κ3) is 5.61. The lowest BCUT2D eigenvalue weighted by molar-refractivity contribution is -0.376. The first-order valence-electron chi connectivity index (χ1n) is 12.3. The van der Waals surface area contributed by atoms with Gasteiger partial charge in [-0.1, -0.05) is 12.1 Å². The highest BCUT2D eigenvalue weighted by molar-refractivity contribution is 7.92. The van der Waals surface area contributed by atoms with Gasteiger partial charge in [0, 0.05) is 18.5 Å². The molecule has 0 saturated carbocycles. The number of morpholine rings is 1. The molecule has 1 saturated heterocycles. The van der Waals surface area contributed by atoms with Gasteiger partial charge >= 0.3 is 12.4 Å². The van der Waals surface area contributed by atoms with E-state index in [0.717, 1.165) is 34.6 Å². The second kappa shape index (κ2) is 11.0. The summed E-state index contributed by atoms with van der Waals surface area (Å²) in [6.45, 7) is -0.120. The normalized spacial score (nSPS) is 20.6. The number of fused-ring (bicyclic) bond motifs is 1. The Morgan fingerprint density at radius 3 is 2.22 bits per heavy atom. The van der Waals surface area contributed by atoms with Crippen molar-refractivity contribution < 1.29 is 58.9 Å². The van der Waals surface area contributed by atoms with Crippen molar-refractivity contribution in [2.75, 3.05) is 30.7 Å². The molecule has 2 aliphatic heterocycles. The molecule has 41 heavy (non-hydrogen) atoms. The zero-order valence-corrected chi connectivity index (χ0v) is 21.9. The molecular weight excluding hydrogens is 589 g/mol. The lowest BCUT2D eigenvalue weighted by Crippen LogP contribution is -2.54. The maximum atomic E-state index is 13.8. The summed E-state index contributed by atoms with van der Waals surface area (Å²) in [5.74, 6) is -1.32. The van der Waals surface area contributed by atoms with Crippen molar-refractivity contribution in [3.63, 3.8) is 0 Å². The molecule has 2 aromatic rings. The van der Waals surface area contributed by atoms with Crippen molar-refractivity contribution in [2.45, 2.75) is 54.2 Å². The minimum atomic E-state index is -6.15. The Morgan fingerprint density at radius 2 is 1.63 bits per heavy atom. The lowest BCUT2D eigenvalue weighted by Gasteiger charge is -2.41. The number of hydrogen-bond acceptors (Lipinski definition) is 6. The fraction of sp³-hybridized carbons (Fsp3) is 0.480. The van der Waals surface area contributed by atoms with Crippen LogP contribution in [0.4, 0.5) is 36.4 Å². The number of amides is 1. The minimum absolute atomic E-state index is 0.0391. The Balaban J connectivity index is 1.80. The summed E-state index contributed by atoms with van der Waals surface area (Å²) in [5.41, 5.74) is -7.32. The fourth-order valence-corrected chi connectivity index (χ4v) is 6.75. The van der Waals surface area contributed by atoms with E-state index in [4.69, 9.17) is 4.74 Å². The molecule has 0 aromatic heterocycles. The second-order valence-corrected chi connectivity index (χ2v) is 11.5. The number of nitrogens with zero attached hydrogens (tertiary/aromatic N) is 2. The van der Waals surface area contributed by atoms with Gasteiger partial charge in [-0.25, -0.2) is 12.8 Å². The maximum absolute atomic E-state index is 13.8. The first kappa shape index (κ1) is 31.0. The average molecular weight is 615 g/mol. The third-order valence-electron chi connectivity index (χ3n) is 7.17. The van der Waals surface area contributed by atoms with Gasteiger partial charge in [0.1, 0.15) is 5.82 Å². The number of hydrogen-bond donors (Lipinski definition) is 2. The van der Waals surface area contributed by atoms with Gasteiger partial charge in [-0.3, -0.25) is 9.10 Å². The number of rotatable bonds is 6. The van der Waals surface area contributed by atoms with E-state index in [1.54, 1.807) is 0 Å². The molecule has 0 bridgehead atoms. The summed E-state index contributed by atoms with van der Waals surface area (Å²) < 4.78 is 128. The number of aryl methyl sites for hydroxylation is 1. The molecule has 0 radical (unpaired) electrons. The van der Waals surface area contributed by atoms with Crippen molar-refractivity contribution in [1.29, 1.82) is 0 Å². The van der Waals surface area contributed by atoms with Crippen LogP contribution in [0.3, 0.4) is 0 Å². The van der Waals surface area contributed by atoms with E-state index in [1.807, 2.05) is 0 Å². The van der Waals surface area contributed by atoms with E-state index in [1.165, 1.54) is 4.90 Å². The molecule has 1 fully saturated rings. The number of anilines is 1. The van der Waals surface area contributed by atoms with E-state index in [2.05, 4.69) is 0 Å². The van der Waals surface area contributed by atoms with Gasteiger partial charge in [0.25, 0.3) is 15.6 Å². The molecular formula is C25H25F7N2O6S. The van der Waals surface area contributed by atoms with E-state index in [9.17, 15) is 54.2 Å². The standard InChI is InChI=1S/C25H25F7N2O6S/c26-17-3-6-20(7-4-17)41(38,39)34-18(12-22(36)33-9-10-40-14-19(33)13-35)5-1-15-11-16(2-8-21(15)34)23(37,24(27,28)29)25(30,31)32/h2-4,6-8,11,18-19,35,37H,1,5,9-10,12-14H2/t18-,19?/m0/s1. The lowest BCUT2D eigenvalue weighted by atomic mass is 9.87. The van der Waals surface area contributed by atoms with Crippen LogP contribution in [0.5, 0.6) is 0 Å². The van der Waals surface area contributed by atoms with E-state index < -0.39 is 75.3 Å². The van der Waals surface area contributed by atoms with Crippen molar-refractivity contribution in [3.05, 3.63) is 59.4 Å².